The highest BCUT2D eigenvalue weighted by Gasteiger charge is 2.26. The van der Waals surface area contributed by atoms with Crippen molar-refractivity contribution in [1.82, 2.24) is 9.13 Å². The van der Waals surface area contributed by atoms with Crippen LogP contribution in [0.5, 0.6) is 0 Å². The van der Waals surface area contributed by atoms with E-state index in [1.807, 2.05) is 0 Å². The van der Waals surface area contributed by atoms with E-state index in [-0.39, 0.29) is 0 Å². The lowest BCUT2D eigenvalue weighted by molar-refractivity contribution is 0.673. The fourth-order valence-electron chi connectivity index (χ4n) is 9.61. The molecule has 0 atom stereocenters. The maximum atomic E-state index is 6.75. The lowest BCUT2D eigenvalue weighted by Crippen LogP contribution is -1.96. The fraction of sp³-hybridized carbons (Fsp3) is 0. The second-order valence-electron chi connectivity index (χ2n) is 14.5. The van der Waals surface area contributed by atoms with Gasteiger partial charge in [-0.1, -0.05) is 109 Å². The Hall–Kier alpha value is -7.10. The highest BCUT2D eigenvalue weighted by Crippen LogP contribution is 2.50. The molecule has 0 aliphatic heterocycles. The zero-order valence-corrected chi connectivity index (χ0v) is 28.5. The van der Waals surface area contributed by atoms with Crippen LogP contribution in [0.2, 0.25) is 0 Å². The third kappa shape index (κ3) is 3.49. The minimum Gasteiger partial charge on any atom is -0.455 e. The predicted molar refractivity (Wildman–Crippen MR) is 222 cm³/mol. The second-order valence-corrected chi connectivity index (χ2v) is 14.5. The second kappa shape index (κ2) is 9.81. The molecule has 13 rings (SSSR count). The van der Waals surface area contributed by atoms with E-state index in [2.05, 4.69) is 179 Å². The van der Waals surface area contributed by atoms with Crippen LogP contribution in [-0.4, -0.2) is 9.13 Å². The van der Waals surface area contributed by atoms with Crippen molar-refractivity contribution in [2.24, 2.45) is 0 Å². The van der Waals surface area contributed by atoms with Gasteiger partial charge in [0.1, 0.15) is 11.2 Å². The van der Waals surface area contributed by atoms with E-state index in [1.165, 1.54) is 82.2 Å². The molecule has 9 aromatic carbocycles. The van der Waals surface area contributed by atoms with E-state index >= 15 is 0 Å². The van der Waals surface area contributed by atoms with Gasteiger partial charge < -0.3 is 13.6 Å². The van der Waals surface area contributed by atoms with Gasteiger partial charge in [-0.15, -0.1) is 0 Å². The molecule has 0 bridgehead atoms. The first-order valence-electron chi connectivity index (χ1n) is 18.3. The minimum atomic E-state index is 0.911. The highest BCUT2D eigenvalue weighted by atomic mass is 16.3. The third-order valence-corrected chi connectivity index (χ3v) is 11.8. The van der Waals surface area contributed by atoms with Crippen LogP contribution in [0.15, 0.2) is 174 Å². The van der Waals surface area contributed by atoms with Gasteiger partial charge in [-0.2, -0.15) is 0 Å². The Morgan fingerprint density at radius 1 is 0.340 bits per heavy atom. The molecule has 0 N–H and O–H groups in total. The Balaban J connectivity index is 1.21. The molecule has 0 saturated heterocycles. The summed E-state index contributed by atoms with van der Waals surface area (Å²) in [6, 6.07) is 62.3. The van der Waals surface area contributed by atoms with Gasteiger partial charge in [0.15, 0.2) is 0 Å². The van der Waals surface area contributed by atoms with Crippen molar-refractivity contribution in [3.8, 4) is 33.6 Å². The zero-order chi connectivity index (χ0) is 34.4. The van der Waals surface area contributed by atoms with E-state index in [9.17, 15) is 0 Å². The molecule has 53 heavy (non-hydrogen) atoms. The normalized spacial score (nSPS) is 12.5. The monoisotopic (exact) mass is 672 g/mol. The standard InChI is InChI=1S/C50H28N2O/c1-2-11-30-26-32(21-20-29(30)10-1)52-44-24-22-38-36-15-6-8-19-45(36)53-50(38)48(44)40-23-25-43-47(49(40)52)39-16-5-7-18-42(39)51(43)33-27-31-12-9-17-37-34-13-3-4-14-35(34)41(28-33)46(31)37/h1-28H. The Labute approximate surface area is 303 Å². The summed E-state index contributed by atoms with van der Waals surface area (Å²) in [4.78, 5) is 0. The highest BCUT2D eigenvalue weighted by molar-refractivity contribution is 6.31. The smallest absolute Gasteiger partial charge is 0.145 e. The molecule has 3 aromatic heterocycles. The third-order valence-electron chi connectivity index (χ3n) is 11.8. The van der Waals surface area contributed by atoms with Crippen LogP contribution in [0.3, 0.4) is 0 Å². The van der Waals surface area contributed by atoms with E-state index in [0.29, 0.717) is 0 Å². The van der Waals surface area contributed by atoms with Crippen molar-refractivity contribution in [2.45, 2.75) is 0 Å². The first-order chi connectivity index (χ1) is 26.3. The summed E-state index contributed by atoms with van der Waals surface area (Å²) in [6.07, 6.45) is 0. The summed E-state index contributed by atoms with van der Waals surface area (Å²) in [6.45, 7) is 0. The lowest BCUT2D eigenvalue weighted by atomic mass is 10.0. The largest absolute Gasteiger partial charge is 0.455 e. The van der Waals surface area contributed by atoms with Gasteiger partial charge in [-0.05, 0) is 104 Å². The molecular formula is C50H28N2O. The molecule has 3 nitrogen and oxygen atoms in total. The molecule has 12 aromatic rings. The Kier molecular flexibility index (Phi) is 5.11. The molecule has 244 valence electrons. The topological polar surface area (TPSA) is 23.0 Å². The molecule has 3 heteroatoms. The molecular weight excluding hydrogens is 645 g/mol. The van der Waals surface area contributed by atoms with Gasteiger partial charge in [0, 0.05) is 38.3 Å². The summed E-state index contributed by atoms with van der Waals surface area (Å²) < 4.78 is 11.7. The average molecular weight is 673 g/mol. The van der Waals surface area contributed by atoms with Crippen LogP contribution < -0.4 is 0 Å². The van der Waals surface area contributed by atoms with Crippen molar-refractivity contribution in [3.63, 3.8) is 0 Å². The fourth-order valence-corrected chi connectivity index (χ4v) is 9.61. The van der Waals surface area contributed by atoms with Gasteiger partial charge in [-0.25, -0.2) is 0 Å². The number of hydrogen-bond acceptors (Lipinski definition) is 1. The summed E-state index contributed by atoms with van der Waals surface area (Å²) in [5.74, 6) is 0. The maximum absolute atomic E-state index is 6.75. The lowest BCUT2D eigenvalue weighted by Gasteiger charge is -2.12. The number of nitrogens with zero attached hydrogens (tertiary/aromatic N) is 2. The molecule has 3 heterocycles. The van der Waals surface area contributed by atoms with Gasteiger partial charge in [-0.3, -0.25) is 0 Å². The van der Waals surface area contributed by atoms with Gasteiger partial charge in [0.25, 0.3) is 0 Å². The SMILES string of the molecule is c1ccc2c(c1)-c1cccc3cc(-n4c5ccccc5c5c4ccc4c6c7oc8ccccc8c7ccc6n(-c6ccc7ccccc7c6)c45)cc-2c13. The van der Waals surface area contributed by atoms with Crippen LogP contribution in [-0.2, 0) is 0 Å². The number of para-hydroxylation sites is 2. The van der Waals surface area contributed by atoms with Crippen molar-refractivity contribution in [2.75, 3.05) is 0 Å². The first-order valence-corrected chi connectivity index (χ1v) is 18.3. The number of fused-ring (bicyclic) bond motifs is 15. The first kappa shape index (κ1) is 27.6. The molecule has 0 unspecified atom stereocenters. The van der Waals surface area contributed by atoms with Crippen molar-refractivity contribution in [1.29, 1.82) is 0 Å². The Morgan fingerprint density at radius 2 is 1.02 bits per heavy atom. The van der Waals surface area contributed by atoms with Crippen molar-refractivity contribution >= 4 is 87.1 Å². The van der Waals surface area contributed by atoms with Crippen LogP contribution >= 0.6 is 0 Å². The average Bonchev–Trinajstić information content (AvgIpc) is 3.95. The number of benzene rings is 9. The molecule has 0 amide bonds. The molecule has 0 radical (unpaired) electrons. The summed E-state index contributed by atoms with van der Waals surface area (Å²) in [5.41, 5.74) is 14.1. The molecule has 1 aliphatic rings. The van der Waals surface area contributed by atoms with Crippen LogP contribution in [0.4, 0.5) is 0 Å². The Morgan fingerprint density at radius 3 is 1.92 bits per heavy atom. The number of furan rings is 1. The van der Waals surface area contributed by atoms with Gasteiger partial charge >= 0.3 is 0 Å². The molecule has 1 aliphatic carbocycles. The van der Waals surface area contributed by atoms with Crippen LogP contribution in [0.1, 0.15) is 0 Å². The van der Waals surface area contributed by atoms with Crippen LogP contribution in [0.25, 0.3) is 121 Å². The molecule has 0 saturated carbocycles. The van der Waals surface area contributed by atoms with Crippen LogP contribution in [0, 0.1) is 0 Å². The predicted octanol–water partition coefficient (Wildman–Crippen LogP) is 13.7. The van der Waals surface area contributed by atoms with Gasteiger partial charge in [0.05, 0.1) is 27.5 Å². The quantitative estimate of drug-likeness (QED) is 0.179. The number of hydrogen-bond donors (Lipinski definition) is 0. The zero-order valence-electron chi connectivity index (χ0n) is 28.5. The van der Waals surface area contributed by atoms with Crippen molar-refractivity contribution in [3.05, 3.63) is 170 Å². The van der Waals surface area contributed by atoms with E-state index in [0.717, 1.165) is 38.5 Å². The van der Waals surface area contributed by atoms with E-state index < -0.39 is 0 Å². The molecule has 0 fully saturated rings. The summed E-state index contributed by atoms with van der Waals surface area (Å²) in [5, 5.41) is 12.1. The Bertz CT molecular complexity index is 3570. The number of rotatable bonds is 2. The van der Waals surface area contributed by atoms with Gasteiger partial charge in [0.2, 0.25) is 0 Å². The van der Waals surface area contributed by atoms with E-state index in [4.69, 9.17) is 4.42 Å². The molecule has 0 spiro atoms. The summed E-state index contributed by atoms with van der Waals surface area (Å²) >= 11 is 0. The van der Waals surface area contributed by atoms with Crippen molar-refractivity contribution < 1.29 is 4.42 Å². The number of aromatic nitrogens is 2. The maximum Gasteiger partial charge on any atom is 0.145 e. The van der Waals surface area contributed by atoms with E-state index in [1.54, 1.807) is 0 Å². The summed E-state index contributed by atoms with van der Waals surface area (Å²) in [7, 11) is 0. The minimum absolute atomic E-state index is 0.911.